The first-order valence-electron chi connectivity index (χ1n) is 8.69. The van der Waals surface area contributed by atoms with E-state index in [0.717, 1.165) is 12.8 Å². The van der Waals surface area contributed by atoms with Crippen LogP contribution >= 0.6 is 11.8 Å². The first-order valence-corrected chi connectivity index (χ1v) is 9.68. The number of carbonyl (C=O) groups is 3. The van der Waals surface area contributed by atoms with E-state index in [0.29, 0.717) is 37.0 Å². The number of amides is 2. The summed E-state index contributed by atoms with van der Waals surface area (Å²) >= 11 is 1.26. The Morgan fingerprint density at radius 1 is 1.31 bits per heavy atom. The fourth-order valence-electron chi connectivity index (χ4n) is 2.85. The molecule has 144 valence electrons. The molecule has 1 atom stereocenters. The lowest BCUT2D eigenvalue weighted by molar-refractivity contribution is -0.155. The van der Waals surface area contributed by atoms with Crippen LogP contribution < -0.4 is 5.73 Å². The Balaban J connectivity index is 1.94. The highest BCUT2D eigenvalue weighted by molar-refractivity contribution is 7.99. The number of thioether (sulfide) groups is 1. The molecule has 0 saturated carbocycles. The zero-order chi connectivity index (χ0) is 19.1. The van der Waals surface area contributed by atoms with Gasteiger partial charge in [0.05, 0.1) is 12.4 Å². The lowest BCUT2D eigenvalue weighted by Crippen LogP contribution is -2.49. The molecule has 0 bridgehead atoms. The van der Waals surface area contributed by atoms with Gasteiger partial charge in [-0.2, -0.15) is 0 Å². The number of ether oxygens (including phenoxy) is 1. The number of piperidine rings is 1. The summed E-state index contributed by atoms with van der Waals surface area (Å²) in [6.45, 7) is 2.62. The fourth-order valence-corrected chi connectivity index (χ4v) is 3.66. The number of aryl methyl sites for hydroxylation is 1. The second-order valence-corrected chi connectivity index (χ2v) is 7.01. The van der Waals surface area contributed by atoms with Crippen LogP contribution in [0, 0.1) is 0 Å². The molecular formula is C16H25N5O4S. The summed E-state index contributed by atoms with van der Waals surface area (Å²) in [5.41, 5.74) is 5.15. The number of nitrogens with zero attached hydrogens (tertiary/aromatic N) is 4. The van der Waals surface area contributed by atoms with Crippen molar-refractivity contribution in [2.24, 2.45) is 12.8 Å². The Kier molecular flexibility index (Phi) is 7.43. The molecule has 1 aromatic heterocycles. The second kappa shape index (κ2) is 9.56. The molecule has 0 unspecified atom stereocenters. The smallest absolute Gasteiger partial charge is 0.328 e. The van der Waals surface area contributed by atoms with Gasteiger partial charge < -0.3 is 19.9 Å². The summed E-state index contributed by atoms with van der Waals surface area (Å²) in [6.07, 6.45) is 3.03. The van der Waals surface area contributed by atoms with E-state index in [4.69, 9.17) is 10.5 Å². The Morgan fingerprint density at radius 3 is 2.77 bits per heavy atom. The molecule has 2 rings (SSSR count). The first-order chi connectivity index (χ1) is 12.4. The van der Waals surface area contributed by atoms with E-state index >= 15 is 0 Å². The van der Waals surface area contributed by atoms with Crippen molar-refractivity contribution in [1.82, 2.24) is 19.7 Å². The normalized spacial score (nSPS) is 17.2. The van der Waals surface area contributed by atoms with Gasteiger partial charge in [0, 0.05) is 26.4 Å². The van der Waals surface area contributed by atoms with Gasteiger partial charge in [-0.15, -0.1) is 10.2 Å². The third-order valence-electron chi connectivity index (χ3n) is 4.23. The zero-order valence-electron chi connectivity index (χ0n) is 15.1. The minimum absolute atomic E-state index is 0.116. The Labute approximate surface area is 156 Å². The van der Waals surface area contributed by atoms with E-state index in [2.05, 4.69) is 10.2 Å². The molecule has 1 aliphatic rings. The topological polar surface area (TPSA) is 120 Å². The number of aromatic nitrogens is 3. The predicted molar refractivity (Wildman–Crippen MR) is 95.2 cm³/mol. The summed E-state index contributed by atoms with van der Waals surface area (Å²) in [6, 6.07) is -0.498. The van der Waals surface area contributed by atoms with Crippen molar-refractivity contribution in [2.45, 2.75) is 50.2 Å². The van der Waals surface area contributed by atoms with Crippen LogP contribution in [0.15, 0.2) is 5.16 Å². The minimum Gasteiger partial charge on any atom is -0.464 e. The summed E-state index contributed by atoms with van der Waals surface area (Å²) in [5.74, 6) is -0.0430. The lowest BCUT2D eigenvalue weighted by Gasteiger charge is -2.33. The summed E-state index contributed by atoms with van der Waals surface area (Å²) in [4.78, 5) is 37.2. The first kappa shape index (κ1) is 20.2. The van der Waals surface area contributed by atoms with Gasteiger partial charge in [0.1, 0.15) is 11.9 Å². The molecule has 0 aliphatic carbocycles. The van der Waals surface area contributed by atoms with E-state index in [-0.39, 0.29) is 24.1 Å². The van der Waals surface area contributed by atoms with E-state index < -0.39 is 11.9 Å². The van der Waals surface area contributed by atoms with Gasteiger partial charge >= 0.3 is 5.97 Å². The highest BCUT2D eigenvalue weighted by Gasteiger charge is 2.33. The summed E-state index contributed by atoms with van der Waals surface area (Å²) in [7, 11) is 1.78. The summed E-state index contributed by atoms with van der Waals surface area (Å²) < 4.78 is 6.84. The molecule has 1 saturated heterocycles. The Hall–Kier alpha value is -2.10. The van der Waals surface area contributed by atoms with Gasteiger partial charge in [-0.05, 0) is 26.2 Å². The number of esters is 1. The maximum absolute atomic E-state index is 12.6. The van der Waals surface area contributed by atoms with Gasteiger partial charge in [0.25, 0.3) is 0 Å². The highest BCUT2D eigenvalue weighted by atomic mass is 32.2. The Bertz CT molecular complexity index is 663. The van der Waals surface area contributed by atoms with Crippen molar-refractivity contribution in [3.63, 3.8) is 0 Å². The third kappa shape index (κ3) is 5.20. The van der Waals surface area contributed by atoms with Crippen LogP contribution in [0.1, 0.15) is 38.4 Å². The number of likely N-dealkylation sites (tertiary alicyclic amines) is 1. The van der Waals surface area contributed by atoms with Crippen molar-refractivity contribution >= 4 is 29.5 Å². The largest absolute Gasteiger partial charge is 0.464 e. The van der Waals surface area contributed by atoms with E-state index in [9.17, 15) is 14.4 Å². The van der Waals surface area contributed by atoms with E-state index in [1.165, 1.54) is 11.8 Å². The van der Waals surface area contributed by atoms with Crippen LogP contribution in [0.4, 0.5) is 0 Å². The second-order valence-electron chi connectivity index (χ2n) is 6.06. The molecule has 0 aromatic carbocycles. The average Bonchev–Trinajstić information content (AvgIpc) is 2.98. The molecule has 1 aliphatic heterocycles. The highest BCUT2D eigenvalue weighted by Crippen LogP contribution is 2.22. The monoisotopic (exact) mass is 383 g/mol. The van der Waals surface area contributed by atoms with Gasteiger partial charge in [0.2, 0.25) is 11.8 Å². The summed E-state index contributed by atoms with van der Waals surface area (Å²) in [5, 5.41) is 8.67. The molecule has 0 radical (unpaired) electrons. The molecule has 26 heavy (non-hydrogen) atoms. The minimum atomic E-state index is -0.498. The van der Waals surface area contributed by atoms with Crippen molar-refractivity contribution in [2.75, 3.05) is 18.9 Å². The third-order valence-corrected chi connectivity index (χ3v) is 5.23. The van der Waals surface area contributed by atoms with Crippen LogP contribution in [0.3, 0.4) is 0 Å². The standard InChI is InChI=1S/C16H25N5O4S/c1-3-25-15(24)11-6-4-5-9-21(11)14(23)10-26-16-19-18-13(20(16)2)8-7-12(17)22/h11H,3-10H2,1-2H3,(H2,17,22)/t11-/m1/s1. The predicted octanol–water partition coefficient (Wildman–Crippen LogP) is 0.269. The quantitative estimate of drug-likeness (QED) is 0.505. The van der Waals surface area contributed by atoms with Gasteiger partial charge in [-0.3, -0.25) is 9.59 Å². The number of rotatable bonds is 8. The van der Waals surface area contributed by atoms with Crippen molar-refractivity contribution < 1.29 is 19.1 Å². The molecule has 10 heteroatoms. The van der Waals surface area contributed by atoms with Crippen LogP contribution in [-0.2, 0) is 32.6 Å². The number of hydrogen-bond acceptors (Lipinski definition) is 7. The van der Waals surface area contributed by atoms with E-state index in [1.807, 2.05) is 0 Å². The lowest BCUT2D eigenvalue weighted by atomic mass is 10.0. The average molecular weight is 383 g/mol. The maximum Gasteiger partial charge on any atom is 0.328 e. The van der Waals surface area contributed by atoms with Gasteiger partial charge in [0.15, 0.2) is 5.16 Å². The molecule has 9 nitrogen and oxygen atoms in total. The zero-order valence-corrected chi connectivity index (χ0v) is 16.0. The van der Waals surface area contributed by atoms with E-state index in [1.54, 1.807) is 23.4 Å². The van der Waals surface area contributed by atoms with Crippen LogP contribution in [0.2, 0.25) is 0 Å². The van der Waals surface area contributed by atoms with Crippen molar-refractivity contribution in [3.8, 4) is 0 Å². The molecule has 1 fully saturated rings. The van der Waals surface area contributed by atoms with Crippen LogP contribution in [0.25, 0.3) is 0 Å². The molecule has 1 aromatic rings. The van der Waals surface area contributed by atoms with Crippen molar-refractivity contribution in [3.05, 3.63) is 5.82 Å². The molecule has 2 heterocycles. The molecule has 2 amide bonds. The van der Waals surface area contributed by atoms with Crippen LogP contribution in [-0.4, -0.2) is 62.4 Å². The van der Waals surface area contributed by atoms with Crippen molar-refractivity contribution in [1.29, 1.82) is 0 Å². The number of primary amides is 1. The fraction of sp³-hybridized carbons (Fsp3) is 0.688. The Morgan fingerprint density at radius 2 is 2.08 bits per heavy atom. The molecular weight excluding hydrogens is 358 g/mol. The molecule has 0 spiro atoms. The number of hydrogen-bond donors (Lipinski definition) is 1. The van der Waals surface area contributed by atoms with Gasteiger partial charge in [-0.25, -0.2) is 4.79 Å². The maximum atomic E-state index is 12.6. The molecule has 2 N–H and O–H groups in total. The van der Waals surface area contributed by atoms with Gasteiger partial charge in [-0.1, -0.05) is 11.8 Å². The SMILES string of the molecule is CCOC(=O)[C@H]1CCCCN1C(=O)CSc1nnc(CCC(N)=O)n1C. The van der Waals surface area contributed by atoms with Crippen LogP contribution in [0.5, 0.6) is 0 Å². The number of nitrogens with two attached hydrogens (primary N) is 1. The number of carbonyl (C=O) groups excluding carboxylic acids is 3.